The summed E-state index contributed by atoms with van der Waals surface area (Å²) in [5.74, 6) is -0.927. The third-order valence-corrected chi connectivity index (χ3v) is 6.12. The average molecular weight is 374 g/mol. The normalized spacial score (nSPS) is 15.4. The lowest BCUT2D eigenvalue weighted by molar-refractivity contribution is -0.113. The zero-order chi connectivity index (χ0) is 18.7. The molecule has 1 amide bonds. The van der Waals surface area contributed by atoms with Gasteiger partial charge in [0.2, 0.25) is 10.0 Å². The minimum absolute atomic E-state index is 0.105. The summed E-state index contributed by atoms with van der Waals surface area (Å²) in [6.45, 7) is 2.20. The van der Waals surface area contributed by atoms with Gasteiger partial charge in [0, 0.05) is 18.7 Å². The fourth-order valence-electron chi connectivity index (χ4n) is 2.70. The summed E-state index contributed by atoms with van der Waals surface area (Å²) in [5.41, 5.74) is 1.53. The van der Waals surface area contributed by atoms with Crippen LogP contribution in [-0.2, 0) is 14.8 Å². The fraction of sp³-hybridized carbons (Fsp3) is 0.211. The number of para-hydroxylation sites is 1. The summed E-state index contributed by atoms with van der Waals surface area (Å²) < 4.78 is 40.3. The van der Waals surface area contributed by atoms with Crippen molar-refractivity contribution < 1.29 is 17.6 Å². The molecule has 5 nitrogen and oxygen atoms in total. The van der Waals surface area contributed by atoms with Crippen LogP contribution in [0.4, 0.5) is 10.1 Å². The Balaban J connectivity index is 1.70. The molecule has 0 spiro atoms. The first-order valence-corrected chi connectivity index (χ1v) is 9.63. The topological polar surface area (TPSA) is 66.5 Å². The molecule has 1 N–H and O–H groups in total. The molecule has 1 heterocycles. The monoisotopic (exact) mass is 374 g/mol. The number of nitrogens with zero attached hydrogens (tertiary/aromatic N) is 1. The predicted octanol–water partition coefficient (Wildman–Crippen LogP) is 3.09. The second kappa shape index (κ2) is 7.39. The van der Waals surface area contributed by atoms with E-state index >= 15 is 0 Å². The van der Waals surface area contributed by atoms with Crippen LogP contribution in [0.1, 0.15) is 12.0 Å². The third kappa shape index (κ3) is 3.84. The van der Waals surface area contributed by atoms with Crippen LogP contribution in [0.3, 0.4) is 0 Å². The van der Waals surface area contributed by atoms with Crippen molar-refractivity contribution in [1.29, 1.82) is 0 Å². The van der Waals surface area contributed by atoms with E-state index in [0.29, 0.717) is 5.57 Å². The molecule has 0 unspecified atom stereocenters. The smallest absolute Gasteiger partial charge is 0.251 e. The van der Waals surface area contributed by atoms with Gasteiger partial charge in [0.05, 0.1) is 10.6 Å². The van der Waals surface area contributed by atoms with Crippen molar-refractivity contribution in [3.8, 4) is 0 Å². The van der Waals surface area contributed by atoms with E-state index in [1.54, 1.807) is 42.5 Å². The van der Waals surface area contributed by atoms with Crippen LogP contribution in [0.2, 0.25) is 0 Å². The molecule has 136 valence electrons. The molecule has 0 saturated carbocycles. The van der Waals surface area contributed by atoms with Gasteiger partial charge in [0.1, 0.15) is 5.82 Å². The Hall–Kier alpha value is -2.51. The van der Waals surface area contributed by atoms with E-state index in [2.05, 4.69) is 5.32 Å². The third-order valence-electron chi connectivity index (χ3n) is 4.24. The highest BCUT2D eigenvalue weighted by Crippen LogP contribution is 2.22. The molecular formula is C19H19FN2O3S. The molecule has 3 rings (SSSR count). The molecule has 1 aliphatic rings. The highest BCUT2D eigenvalue weighted by Gasteiger charge is 2.27. The quantitative estimate of drug-likeness (QED) is 0.894. The van der Waals surface area contributed by atoms with E-state index in [9.17, 15) is 17.6 Å². The standard InChI is InChI=1S/C19H19FN2O3S/c1-14-6-8-16(9-7-14)26(24,25)22-12-10-15(11-13-22)19(23)21-18-5-3-2-4-17(18)20/h2-10H,11-13H2,1H3,(H,21,23). The minimum atomic E-state index is -3.60. The Morgan fingerprint density at radius 2 is 1.81 bits per heavy atom. The van der Waals surface area contributed by atoms with Gasteiger partial charge in [-0.1, -0.05) is 35.9 Å². The van der Waals surface area contributed by atoms with Crippen molar-refractivity contribution >= 4 is 21.6 Å². The number of hydrogen-bond donors (Lipinski definition) is 1. The summed E-state index contributed by atoms with van der Waals surface area (Å²) >= 11 is 0. The second-order valence-electron chi connectivity index (χ2n) is 6.09. The zero-order valence-electron chi connectivity index (χ0n) is 14.3. The van der Waals surface area contributed by atoms with Gasteiger partial charge < -0.3 is 5.32 Å². The molecule has 7 heteroatoms. The van der Waals surface area contributed by atoms with Crippen molar-refractivity contribution in [2.45, 2.75) is 18.2 Å². The van der Waals surface area contributed by atoms with Gasteiger partial charge in [-0.25, -0.2) is 12.8 Å². The Morgan fingerprint density at radius 1 is 1.12 bits per heavy atom. The van der Waals surface area contributed by atoms with E-state index in [1.807, 2.05) is 6.92 Å². The number of sulfonamides is 1. The number of amides is 1. The van der Waals surface area contributed by atoms with E-state index in [1.165, 1.54) is 16.4 Å². The number of hydrogen-bond acceptors (Lipinski definition) is 3. The number of nitrogens with one attached hydrogen (secondary N) is 1. The first kappa shape index (κ1) is 18.3. The van der Waals surface area contributed by atoms with Gasteiger partial charge in [0.15, 0.2) is 0 Å². The molecule has 2 aromatic rings. The number of anilines is 1. The number of benzene rings is 2. The van der Waals surface area contributed by atoms with Crippen LogP contribution in [0.15, 0.2) is 65.1 Å². The number of carbonyl (C=O) groups is 1. The van der Waals surface area contributed by atoms with E-state index in [4.69, 9.17) is 0 Å². The van der Waals surface area contributed by atoms with Gasteiger partial charge in [-0.2, -0.15) is 4.31 Å². The highest BCUT2D eigenvalue weighted by molar-refractivity contribution is 7.89. The molecular weight excluding hydrogens is 355 g/mol. The largest absolute Gasteiger partial charge is 0.320 e. The molecule has 0 aromatic heterocycles. The first-order valence-electron chi connectivity index (χ1n) is 8.19. The van der Waals surface area contributed by atoms with Gasteiger partial charge in [-0.3, -0.25) is 4.79 Å². The van der Waals surface area contributed by atoms with Gasteiger partial charge in [0.25, 0.3) is 5.91 Å². The van der Waals surface area contributed by atoms with Crippen LogP contribution >= 0.6 is 0 Å². The van der Waals surface area contributed by atoms with Crippen LogP contribution in [-0.4, -0.2) is 31.7 Å². The lowest BCUT2D eigenvalue weighted by Gasteiger charge is -2.25. The lowest BCUT2D eigenvalue weighted by atomic mass is 10.1. The summed E-state index contributed by atoms with van der Waals surface area (Å²) in [4.78, 5) is 12.5. The molecule has 0 saturated heterocycles. The number of carbonyl (C=O) groups excluding carboxylic acids is 1. The molecule has 0 atom stereocenters. The average Bonchev–Trinajstić information content (AvgIpc) is 2.64. The lowest BCUT2D eigenvalue weighted by Crippen LogP contribution is -2.36. The van der Waals surface area contributed by atoms with Crippen LogP contribution in [0.5, 0.6) is 0 Å². The maximum atomic E-state index is 13.6. The van der Waals surface area contributed by atoms with Gasteiger partial charge in [-0.15, -0.1) is 0 Å². The molecule has 1 aliphatic heterocycles. The summed E-state index contributed by atoms with van der Waals surface area (Å²) in [6, 6.07) is 12.6. The zero-order valence-corrected chi connectivity index (χ0v) is 15.1. The van der Waals surface area contributed by atoms with Crippen molar-refractivity contribution in [1.82, 2.24) is 4.31 Å². The Morgan fingerprint density at radius 3 is 2.42 bits per heavy atom. The Kier molecular flexibility index (Phi) is 5.20. The minimum Gasteiger partial charge on any atom is -0.320 e. The molecule has 26 heavy (non-hydrogen) atoms. The molecule has 0 radical (unpaired) electrons. The van der Waals surface area contributed by atoms with E-state index < -0.39 is 21.7 Å². The van der Waals surface area contributed by atoms with Crippen molar-refractivity contribution in [3.05, 3.63) is 71.6 Å². The highest BCUT2D eigenvalue weighted by atomic mass is 32.2. The van der Waals surface area contributed by atoms with Crippen molar-refractivity contribution in [2.75, 3.05) is 18.4 Å². The van der Waals surface area contributed by atoms with Crippen molar-refractivity contribution in [3.63, 3.8) is 0 Å². The van der Waals surface area contributed by atoms with Gasteiger partial charge in [-0.05, 0) is 37.6 Å². The molecule has 0 aliphatic carbocycles. The number of rotatable bonds is 4. The summed E-state index contributed by atoms with van der Waals surface area (Å²) in [5, 5.41) is 2.52. The second-order valence-corrected chi connectivity index (χ2v) is 8.03. The first-order chi connectivity index (χ1) is 12.4. The number of aryl methyl sites for hydroxylation is 1. The SMILES string of the molecule is Cc1ccc(S(=O)(=O)N2CC=C(C(=O)Nc3ccccc3F)CC2)cc1. The summed E-state index contributed by atoms with van der Waals surface area (Å²) in [7, 11) is -3.60. The molecule has 2 aromatic carbocycles. The Labute approximate surface area is 152 Å². The maximum Gasteiger partial charge on any atom is 0.251 e. The van der Waals surface area contributed by atoms with Crippen LogP contribution in [0, 0.1) is 12.7 Å². The molecule has 0 bridgehead atoms. The number of halogens is 1. The van der Waals surface area contributed by atoms with E-state index in [-0.39, 0.29) is 30.1 Å². The van der Waals surface area contributed by atoms with Crippen LogP contribution in [0.25, 0.3) is 0 Å². The van der Waals surface area contributed by atoms with E-state index in [0.717, 1.165) is 5.56 Å². The van der Waals surface area contributed by atoms with Crippen LogP contribution < -0.4 is 5.32 Å². The maximum absolute atomic E-state index is 13.6. The predicted molar refractivity (Wildman–Crippen MR) is 97.7 cm³/mol. The summed E-state index contributed by atoms with van der Waals surface area (Å²) in [6.07, 6.45) is 1.84. The molecule has 0 fully saturated rings. The van der Waals surface area contributed by atoms with Crippen molar-refractivity contribution in [2.24, 2.45) is 0 Å². The Bertz CT molecular complexity index is 953. The fourth-order valence-corrected chi connectivity index (χ4v) is 4.08. The van der Waals surface area contributed by atoms with Gasteiger partial charge >= 0.3 is 0 Å².